The van der Waals surface area contributed by atoms with Crippen molar-refractivity contribution in [2.75, 3.05) is 31.1 Å². The summed E-state index contributed by atoms with van der Waals surface area (Å²) in [6, 6.07) is 9.79. The van der Waals surface area contributed by atoms with E-state index in [2.05, 4.69) is 10.2 Å². The van der Waals surface area contributed by atoms with E-state index >= 15 is 0 Å². The molecule has 0 unspecified atom stereocenters. The van der Waals surface area contributed by atoms with Crippen molar-refractivity contribution in [2.24, 2.45) is 0 Å². The SMILES string of the molecule is O=C(c1ccccc1Cl)N1CCN(c2nnc(-c3ccc([N+](=O)[O-])o3)s2)CC1. The molecular weight excluding hydrogens is 406 g/mol. The molecule has 4 rings (SSSR count). The van der Waals surface area contributed by atoms with Gasteiger partial charge in [0.05, 0.1) is 16.7 Å². The van der Waals surface area contributed by atoms with E-state index in [0.29, 0.717) is 52.7 Å². The van der Waals surface area contributed by atoms with Crippen LogP contribution in [0.4, 0.5) is 11.0 Å². The quantitative estimate of drug-likeness (QED) is 0.471. The third-order valence-electron chi connectivity index (χ3n) is 4.34. The number of furan rings is 1. The van der Waals surface area contributed by atoms with Crippen molar-refractivity contribution in [3.05, 3.63) is 57.1 Å². The highest BCUT2D eigenvalue weighted by Crippen LogP contribution is 2.32. The predicted octanol–water partition coefficient (Wildman–Crippen LogP) is 3.32. The first kappa shape index (κ1) is 18.4. The van der Waals surface area contributed by atoms with Crippen molar-refractivity contribution in [3.8, 4) is 10.8 Å². The maximum atomic E-state index is 12.6. The largest absolute Gasteiger partial charge is 0.433 e. The zero-order chi connectivity index (χ0) is 19.7. The van der Waals surface area contributed by atoms with E-state index in [1.165, 1.54) is 23.5 Å². The number of carbonyl (C=O) groups is 1. The average Bonchev–Trinajstić information content (AvgIpc) is 3.38. The third kappa shape index (κ3) is 3.56. The molecule has 0 aliphatic carbocycles. The van der Waals surface area contributed by atoms with Crippen LogP contribution in [-0.2, 0) is 0 Å². The number of hydrogen-bond donors (Lipinski definition) is 0. The number of amides is 1. The molecule has 0 spiro atoms. The summed E-state index contributed by atoms with van der Waals surface area (Å²) in [5.41, 5.74) is 0.496. The fourth-order valence-electron chi connectivity index (χ4n) is 2.89. The summed E-state index contributed by atoms with van der Waals surface area (Å²) < 4.78 is 5.17. The minimum atomic E-state index is -0.597. The molecular formula is C17H14ClN5O4S. The number of nitro groups is 1. The van der Waals surface area contributed by atoms with Gasteiger partial charge in [-0.05, 0) is 18.2 Å². The number of piperazine rings is 1. The minimum absolute atomic E-state index is 0.0916. The van der Waals surface area contributed by atoms with Gasteiger partial charge in [-0.15, -0.1) is 10.2 Å². The van der Waals surface area contributed by atoms with Gasteiger partial charge in [-0.1, -0.05) is 35.1 Å². The molecule has 1 saturated heterocycles. The molecule has 0 radical (unpaired) electrons. The van der Waals surface area contributed by atoms with E-state index < -0.39 is 4.92 Å². The first-order valence-electron chi connectivity index (χ1n) is 8.40. The summed E-state index contributed by atoms with van der Waals surface area (Å²) in [5, 5.41) is 20.5. The summed E-state index contributed by atoms with van der Waals surface area (Å²) in [6.07, 6.45) is 0. The maximum Gasteiger partial charge on any atom is 0.433 e. The highest BCUT2D eigenvalue weighted by molar-refractivity contribution is 7.18. The van der Waals surface area contributed by atoms with Gasteiger partial charge in [-0.2, -0.15) is 0 Å². The molecule has 144 valence electrons. The van der Waals surface area contributed by atoms with Crippen molar-refractivity contribution < 1.29 is 14.1 Å². The third-order valence-corrected chi connectivity index (χ3v) is 5.67. The van der Waals surface area contributed by atoms with Gasteiger partial charge in [0, 0.05) is 26.2 Å². The van der Waals surface area contributed by atoms with Gasteiger partial charge in [0.25, 0.3) is 5.91 Å². The van der Waals surface area contributed by atoms with Crippen LogP contribution in [0, 0.1) is 10.1 Å². The van der Waals surface area contributed by atoms with E-state index in [9.17, 15) is 14.9 Å². The van der Waals surface area contributed by atoms with Crippen molar-refractivity contribution in [3.63, 3.8) is 0 Å². The summed E-state index contributed by atoms with van der Waals surface area (Å²) in [4.78, 5) is 26.6. The van der Waals surface area contributed by atoms with Crippen LogP contribution in [0.1, 0.15) is 10.4 Å². The number of benzene rings is 1. The monoisotopic (exact) mass is 419 g/mol. The predicted molar refractivity (Wildman–Crippen MR) is 104 cm³/mol. The molecule has 1 fully saturated rings. The number of aromatic nitrogens is 2. The van der Waals surface area contributed by atoms with Crippen LogP contribution in [0.2, 0.25) is 5.02 Å². The number of anilines is 1. The first-order chi connectivity index (χ1) is 13.5. The topological polar surface area (TPSA) is 106 Å². The fourth-order valence-corrected chi connectivity index (χ4v) is 3.96. The molecule has 3 aromatic rings. The van der Waals surface area contributed by atoms with Gasteiger partial charge in [-0.3, -0.25) is 14.9 Å². The second kappa shape index (κ2) is 7.56. The van der Waals surface area contributed by atoms with E-state index in [1.54, 1.807) is 29.2 Å². The lowest BCUT2D eigenvalue weighted by molar-refractivity contribution is -0.401. The van der Waals surface area contributed by atoms with Crippen LogP contribution in [0.15, 0.2) is 40.8 Å². The number of carbonyl (C=O) groups excluding carboxylic acids is 1. The van der Waals surface area contributed by atoms with Crippen LogP contribution in [-0.4, -0.2) is 52.1 Å². The zero-order valence-corrected chi connectivity index (χ0v) is 16.0. The van der Waals surface area contributed by atoms with Gasteiger partial charge in [-0.25, -0.2) is 0 Å². The van der Waals surface area contributed by atoms with Crippen molar-refractivity contribution >= 4 is 39.9 Å². The van der Waals surface area contributed by atoms with Crippen molar-refractivity contribution in [1.82, 2.24) is 15.1 Å². The van der Waals surface area contributed by atoms with E-state index in [-0.39, 0.29) is 11.8 Å². The van der Waals surface area contributed by atoms with E-state index in [1.807, 2.05) is 4.90 Å². The smallest absolute Gasteiger partial charge is 0.398 e. The Labute approximate surface area is 168 Å². The lowest BCUT2D eigenvalue weighted by Gasteiger charge is -2.34. The van der Waals surface area contributed by atoms with Gasteiger partial charge >= 0.3 is 5.88 Å². The van der Waals surface area contributed by atoms with Gasteiger partial charge in [0.15, 0.2) is 10.8 Å². The lowest BCUT2D eigenvalue weighted by atomic mass is 10.2. The normalized spacial score (nSPS) is 14.3. The van der Waals surface area contributed by atoms with Crippen LogP contribution < -0.4 is 4.90 Å². The van der Waals surface area contributed by atoms with Gasteiger partial charge in [0.2, 0.25) is 5.13 Å². The maximum absolute atomic E-state index is 12.6. The molecule has 1 amide bonds. The Balaban J connectivity index is 1.41. The van der Waals surface area contributed by atoms with Crippen LogP contribution in [0.25, 0.3) is 10.8 Å². The Hall–Kier alpha value is -2.98. The molecule has 0 saturated carbocycles. The summed E-state index contributed by atoms with van der Waals surface area (Å²) in [5.74, 6) is -0.118. The molecule has 2 aromatic heterocycles. The molecule has 0 bridgehead atoms. The Morgan fingerprint density at radius 2 is 1.89 bits per heavy atom. The minimum Gasteiger partial charge on any atom is -0.398 e. The molecule has 1 aromatic carbocycles. The number of halogens is 1. The molecule has 9 nitrogen and oxygen atoms in total. The number of hydrogen-bond acceptors (Lipinski definition) is 8. The molecule has 0 atom stereocenters. The molecule has 0 N–H and O–H groups in total. The van der Waals surface area contributed by atoms with E-state index in [0.717, 1.165) is 0 Å². The van der Waals surface area contributed by atoms with Crippen LogP contribution >= 0.6 is 22.9 Å². The zero-order valence-electron chi connectivity index (χ0n) is 14.4. The Bertz CT molecular complexity index is 1030. The van der Waals surface area contributed by atoms with Gasteiger partial charge < -0.3 is 14.2 Å². The first-order valence-corrected chi connectivity index (χ1v) is 9.59. The Morgan fingerprint density at radius 1 is 1.14 bits per heavy atom. The van der Waals surface area contributed by atoms with E-state index in [4.69, 9.17) is 16.0 Å². The standard InChI is InChI=1S/C17H14ClN5O4S/c18-12-4-2-1-3-11(12)16(24)21-7-9-22(10-8-21)17-20-19-15(28-17)13-5-6-14(27-13)23(25)26/h1-6H,7-10H2. The van der Waals surface area contributed by atoms with Gasteiger partial charge in [0.1, 0.15) is 4.92 Å². The molecule has 1 aliphatic rings. The van der Waals surface area contributed by atoms with Crippen LogP contribution in [0.3, 0.4) is 0 Å². The van der Waals surface area contributed by atoms with Crippen LogP contribution in [0.5, 0.6) is 0 Å². The summed E-state index contributed by atoms with van der Waals surface area (Å²) in [7, 11) is 0. The Morgan fingerprint density at radius 3 is 2.57 bits per heavy atom. The highest BCUT2D eigenvalue weighted by Gasteiger charge is 2.26. The Kier molecular flexibility index (Phi) is 4.97. The fraction of sp³-hybridized carbons (Fsp3) is 0.235. The summed E-state index contributed by atoms with van der Waals surface area (Å²) in [6.45, 7) is 2.27. The molecule has 3 heterocycles. The van der Waals surface area contributed by atoms with Crippen molar-refractivity contribution in [1.29, 1.82) is 0 Å². The number of nitrogens with zero attached hydrogens (tertiary/aromatic N) is 5. The lowest BCUT2D eigenvalue weighted by Crippen LogP contribution is -2.48. The molecule has 1 aliphatic heterocycles. The molecule has 28 heavy (non-hydrogen) atoms. The second-order valence-corrected chi connectivity index (χ2v) is 7.41. The molecule has 11 heteroatoms. The highest BCUT2D eigenvalue weighted by atomic mass is 35.5. The summed E-state index contributed by atoms with van der Waals surface area (Å²) >= 11 is 7.41. The van der Waals surface area contributed by atoms with Crippen molar-refractivity contribution in [2.45, 2.75) is 0 Å². The second-order valence-electron chi connectivity index (χ2n) is 6.04. The number of rotatable bonds is 4. The average molecular weight is 420 g/mol.